The standard InChI is InChI=1S/C9H17NO2S/c1-4-13-9(12)10-8(6-11)5-7(2)3/h6-8H,4-5H2,1-3H3,(H,10,12). The zero-order valence-corrected chi connectivity index (χ0v) is 9.19. The summed E-state index contributed by atoms with van der Waals surface area (Å²) in [6.07, 6.45) is 1.51. The van der Waals surface area contributed by atoms with Crippen LogP contribution in [0.15, 0.2) is 0 Å². The Balaban J connectivity index is 3.83. The quantitative estimate of drug-likeness (QED) is 0.696. The molecule has 0 radical (unpaired) electrons. The van der Waals surface area contributed by atoms with Gasteiger partial charge in [0.2, 0.25) is 0 Å². The molecule has 1 N–H and O–H groups in total. The van der Waals surface area contributed by atoms with Gasteiger partial charge < -0.3 is 10.1 Å². The summed E-state index contributed by atoms with van der Waals surface area (Å²) in [6.45, 7) is 5.95. The van der Waals surface area contributed by atoms with Crippen LogP contribution in [0.3, 0.4) is 0 Å². The fourth-order valence-corrected chi connectivity index (χ4v) is 1.48. The van der Waals surface area contributed by atoms with E-state index in [1.165, 1.54) is 11.8 Å². The molecule has 3 nitrogen and oxygen atoms in total. The van der Waals surface area contributed by atoms with Gasteiger partial charge in [0, 0.05) is 0 Å². The molecule has 0 aromatic rings. The van der Waals surface area contributed by atoms with Crippen LogP contribution < -0.4 is 5.32 Å². The molecule has 0 heterocycles. The number of thioether (sulfide) groups is 1. The zero-order valence-electron chi connectivity index (χ0n) is 8.37. The Bertz CT molecular complexity index is 171. The number of amides is 1. The van der Waals surface area contributed by atoms with E-state index < -0.39 is 0 Å². The van der Waals surface area contributed by atoms with Crippen LogP contribution in [0.25, 0.3) is 0 Å². The van der Waals surface area contributed by atoms with E-state index in [1.54, 1.807) is 0 Å². The number of hydrogen-bond acceptors (Lipinski definition) is 3. The van der Waals surface area contributed by atoms with Crippen LogP contribution in [-0.2, 0) is 4.79 Å². The Kier molecular flexibility index (Phi) is 6.68. The highest BCUT2D eigenvalue weighted by molar-refractivity contribution is 8.13. The Hall–Kier alpha value is -0.510. The van der Waals surface area contributed by atoms with Crippen molar-refractivity contribution in [3.63, 3.8) is 0 Å². The molecular weight excluding hydrogens is 186 g/mol. The summed E-state index contributed by atoms with van der Waals surface area (Å²) in [5, 5.41) is 2.54. The second-order valence-electron chi connectivity index (χ2n) is 3.24. The summed E-state index contributed by atoms with van der Waals surface area (Å²) in [4.78, 5) is 21.6. The van der Waals surface area contributed by atoms with Crippen molar-refractivity contribution >= 4 is 23.3 Å². The van der Waals surface area contributed by atoms with Gasteiger partial charge in [0.05, 0.1) is 6.04 Å². The van der Waals surface area contributed by atoms with Crippen molar-refractivity contribution in [2.75, 3.05) is 5.75 Å². The average Bonchev–Trinajstić information content (AvgIpc) is 2.02. The lowest BCUT2D eigenvalue weighted by molar-refractivity contribution is -0.109. The molecule has 0 aliphatic heterocycles. The van der Waals surface area contributed by atoms with E-state index in [1.807, 2.05) is 20.8 Å². The van der Waals surface area contributed by atoms with Crippen LogP contribution in [0.5, 0.6) is 0 Å². The van der Waals surface area contributed by atoms with Gasteiger partial charge in [-0.15, -0.1) is 0 Å². The summed E-state index contributed by atoms with van der Waals surface area (Å²) in [6, 6.07) is -0.327. The van der Waals surface area contributed by atoms with Crippen LogP contribution >= 0.6 is 11.8 Å². The van der Waals surface area contributed by atoms with Crippen LogP contribution in [0.2, 0.25) is 0 Å². The van der Waals surface area contributed by atoms with Gasteiger partial charge in [0.1, 0.15) is 6.29 Å². The molecule has 1 atom stereocenters. The van der Waals surface area contributed by atoms with E-state index >= 15 is 0 Å². The molecule has 0 aliphatic carbocycles. The molecule has 76 valence electrons. The highest BCUT2D eigenvalue weighted by atomic mass is 32.2. The summed E-state index contributed by atoms with van der Waals surface area (Å²) < 4.78 is 0. The first-order valence-corrected chi connectivity index (χ1v) is 5.47. The van der Waals surface area contributed by atoms with Gasteiger partial charge in [-0.3, -0.25) is 4.79 Å². The highest BCUT2D eigenvalue weighted by Gasteiger charge is 2.12. The lowest BCUT2D eigenvalue weighted by atomic mass is 10.1. The fraction of sp³-hybridized carbons (Fsp3) is 0.778. The number of aldehydes is 1. The molecule has 1 unspecified atom stereocenters. The summed E-state index contributed by atoms with van der Waals surface area (Å²) in [5.41, 5.74) is 0. The fourth-order valence-electron chi connectivity index (χ4n) is 0.981. The first kappa shape index (κ1) is 12.5. The lowest BCUT2D eigenvalue weighted by Crippen LogP contribution is -2.34. The van der Waals surface area contributed by atoms with E-state index in [2.05, 4.69) is 5.32 Å². The second-order valence-corrected chi connectivity index (χ2v) is 4.47. The molecule has 0 rings (SSSR count). The molecule has 0 bridgehead atoms. The van der Waals surface area contributed by atoms with Crippen molar-refractivity contribution in [3.05, 3.63) is 0 Å². The zero-order chi connectivity index (χ0) is 10.3. The number of carbonyl (C=O) groups excluding carboxylic acids is 2. The van der Waals surface area contributed by atoms with E-state index in [0.717, 1.165) is 12.0 Å². The third-order valence-corrected chi connectivity index (χ3v) is 2.14. The van der Waals surface area contributed by atoms with E-state index in [-0.39, 0.29) is 11.3 Å². The van der Waals surface area contributed by atoms with Crippen LogP contribution in [0.4, 0.5) is 4.79 Å². The number of carbonyl (C=O) groups is 2. The molecule has 0 saturated heterocycles. The van der Waals surface area contributed by atoms with Gasteiger partial charge in [-0.1, -0.05) is 32.5 Å². The Morgan fingerprint density at radius 3 is 2.54 bits per heavy atom. The number of rotatable bonds is 5. The normalized spacial score (nSPS) is 12.6. The minimum Gasteiger partial charge on any atom is -0.337 e. The predicted octanol–water partition coefficient (Wildman–Crippen LogP) is 2.06. The van der Waals surface area contributed by atoms with E-state index in [4.69, 9.17) is 0 Å². The van der Waals surface area contributed by atoms with Crippen molar-refractivity contribution in [1.29, 1.82) is 0 Å². The predicted molar refractivity (Wildman–Crippen MR) is 56.0 cm³/mol. The number of nitrogens with one attached hydrogen (secondary N) is 1. The van der Waals surface area contributed by atoms with Gasteiger partial charge in [0.25, 0.3) is 5.24 Å². The molecule has 0 aromatic carbocycles. The maximum absolute atomic E-state index is 11.1. The van der Waals surface area contributed by atoms with Crippen molar-refractivity contribution in [2.24, 2.45) is 5.92 Å². The smallest absolute Gasteiger partial charge is 0.279 e. The van der Waals surface area contributed by atoms with Gasteiger partial charge in [0.15, 0.2) is 0 Å². The minimum atomic E-state index is -0.327. The Labute approximate surface area is 83.7 Å². The molecule has 0 fully saturated rings. The Morgan fingerprint density at radius 1 is 1.54 bits per heavy atom. The molecule has 0 aliphatic rings. The largest absolute Gasteiger partial charge is 0.337 e. The molecule has 4 heteroatoms. The highest BCUT2D eigenvalue weighted by Crippen LogP contribution is 2.06. The number of hydrogen-bond donors (Lipinski definition) is 1. The van der Waals surface area contributed by atoms with Crippen molar-refractivity contribution in [2.45, 2.75) is 33.2 Å². The van der Waals surface area contributed by atoms with Gasteiger partial charge >= 0.3 is 0 Å². The third-order valence-electron chi connectivity index (χ3n) is 1.47. The monoisotopic (exact) mass is 203 g/mol. The second kappa shape index (κ2) is 6.95. The van der Waals surface area contributed by atoms with Crippen LogP contribution in [0.1, 0.15) is 27.2 Å². The van der Waals surface area contributed by atoms with Crippen molar-refractivity contribution in [1.82, 2.24) is 5.32 Å². The van der Waals surface area contributed by atoms with Crippen LogP contribution in [0, 0.1) is 5.92 Å². The molecule has 0 saturated carbocycles. The molecule has 13 heavy (non-hydrogen) atoms. The van der Waals surface area contributed by atoms with Crippen molar-refractivity contribution < 1.29 is 9.59 Å². The lowest BCUT2D eigenvalue weighted by Gasteiger charge is -2.13. The van der Waals surface area contributed by atoms with Crippen LogP contribution in [-0.4, -0.2) is 23.3 Å². The maximum atomic E-state index is 11.1. The summed E-state index contributed by atoms with van der Waals surface area (Å²) >= 11 is 1.19. The topological polar surface area (TPSA) is 46.2 Å². The van der Waals surface area contributed by atoms with Gasteiger partial charge in [-0.2, -0.15) is 0 Å². The SMILES string of the molecule is CCSC(=O)NC(C=O)CC(C)C. The Morgan fingerprint density at radius 2 is 2.15 bits per heavy atom. The third kappa shape index (κ3) is 6.63. The molecular formula is C9H17NO2S. The maximum Gasteiger partial charge on any atom is 0.279 e. The first-order chi connectivity index (χ1) is 6.10. The molecule has 0 spiro atoms. The summed E-state index contributed by atoms with van der Waals surface area (Å²) in [7, 11) is 0. The van der Waals surface area contributed by atoms with E-state index in [9.17, 15) is 9.59 Å². The van der Waals surface area contributed by atoms with Crippen molar-refractivity contribution in [3.8, 4) is 0 Å². The summed E-state index contributed by atoms with van der Waals surface area (Å²) in [5.74, 6) is 1.15. The first-order valence-electron chi connectivity index (χ1n) is 4.48. The molecule has 1 amide bonds. The minimum absolute atomic E-state index is 0.111. The van der Waals surface area contributed by atoms with Gasteiger partial charge in [-0.05, 0) is 18.1 Å². The average molecular weight is 203 g/mol. The molecule has 0 aromatic heterocycles. The van der Waals surface area contributed by atoms with Gasteiger partial charge in [-0.25, -0.2) is 0 Å². The van der Waals surface area contributed by atoms with E-state index in [0.29, 0.717) is 12.3 Å².